The molecule has 4 nitrogen and oxygen atoms in total. The Hall–Kier alpha value is -1.16. The zero-order valence-corrected chi connectivity index (χ0v) is 13.1. The van der Waals surface area contributed by atoms with Crippen molar-refractivity contribution in [2.45, 2.75) is 12.2 Å². The van der Waals surface area contributed by atoms with E-state index in [-0.39, 0.29) is 0 Å². The van der Waals surface area contributed by atoms with E-state index >= 15 is 0 Å². The molecular weight excluding hydrogens is 371 g/mol. The van der Waals surface area contributed by atoms with Gasteiger partial charge in [-0.05, 0) is 33.6 Å². The molecule has 0 bridgehead atoms. The van der Waals surface area contributed by atoms with Gasteiger partial charge in [-0.2, -0.15) is 13.2 Å². The van der Waals surface area contributed by atoms with E-state index in [9.17, 15) is 13.2 Å². The second kappa shape index (κ2) is 6.30. The van der Waals surface area contributed by atoms with Gasteiger partial charge in [-0.25, -0.2) is 10.4 Å². The maximum atomic E-state index is 12.6. The van der Waals surface area contributed by atoms with E-state index in [2.05, 4.69) is 26.3 Å². The van der Waals surface area contributed by atoms with Gasteiger partial charge >= 0.3 is 6.18 Å². The highest BCUT2D eigenvalue weighted by Gasteiger charge is 2.35. The van der Waals surface area contributed by atoms with Gasteiger partial charge in [0.2, 0.25) is 0 Å². The Bertz CT molecular complexity index is 632. The molecule has 1 atom stereocenters. The molecule has 0 aliphatic carbocycles. The molecule has 2 aromatic rings. The van der Waals surface area contributed by atoms with Crippen molar-refractivity contribution < 1.29 is 17.9 Å². The minimum atomic E-state index is -4.46. The van der Waals surface area contributed by atoms with Gasteiger partial charge in [0.1, 0.15) is 5.75 Å². The molecule has 0 aliphatic heterocycles. The third-order valence-corrected chi connectivity index (χ3v) is 4.45. The second-order valence-corrected chi connectivity index (χ2v) is 5.98. The van der Waals surface area contributed by atoms with Crippen molar-refractivity contribution in [3.05, 3.63) is 44.3 Å². The van der Waals surface area contributed by atoms with Gasteiger partial charge in [0, 0.05) is 11.1 Å². The predicted octanol–water partition coefficient (Wildman–Crippen LogP) is 3.49. The minimum absolute atomic E-state index is 0.377. The summed E-state index contributed by atoms with van der Waals surface area (Å²) in [5, 5.41) is -0.898. The summed E-state index contributed by atoms with van der Waals surface area (Å²) in [5.41, 5.74) is 3.20. The van der Waals surface area contributed by atoms with Gasteiger partial charge < -0.3 is 4.74 Å². The molecule has 114 valence electrons. The molecule has 9 heteroatoms. The lowest BCUT2D eigenvalue weighted by Gasteiger charge is -2.15. The lowest BCUT2D eigenvalue weighted by Crippen LogP contribution is -2.28. The average molecular weight is 382 g/mol. The number of nitrogens with one attached hydrogen (secondary N) is 1. The molecule has 21 heavy (non-hydrogen) atoms. The Morgan fingerprint density at radius 3 is 2.62 bits per heavy atom. The van der Waals surface area contributed by atoms with Crippen LogP contribution < -0.4 is 16.0 Å². The number of nitrogens with two attached hydrogens (primary N) is 1. The molecule has 1 aromatic carbocycles. The summed E-state index contributed by atoms with van der Waals surface area (Å²) >= 11 is 3.89. The fourth-order valence-corrected chi connectivity index (χ4v) is 3.19. The number of hydrazine groups is 1. The summed E-state index contributed by atoms with van der Waals surface area (Å²) in [6.07, 6.45) is -3.28. The van der Waals surface area contributed by atoms with Crippen LogP contribution in [-0.4, -0.2) is 12.1 Å². The monoisotopic (exact) mass is 381 g/mol. The summed E-state index contributed by atoms with van der Waals surface area (Å²) < 4.78 is 43.6. The smallest absolute Gasteiger partial charge is 0.443 e. The molecule has 0 fully saturated rings. The van der Waals surface area contributed by atoms with Crippen molar-refractivity contribution >= 4 is 27.3 Å². The summed E-state index contributed by atoms with van der Waals surface area (Å²) in [5.74, 6) is 6.10. The highest BCUT2D eigenvalue weighted by molar-refractivity contribution is 9.10. The van der Waals surface area contributed by atoms with Crippen LogP contribution >= 0.6 is 27.3 Å². The van der Waals surface area contributed by atoms with Gasteiger partial charge in [0.15, 0.2) is 5.01 Å². The number of thiazole rings is 1. The number of rotatable bonds is 4. The number of benzene rings is 1. The van der Waals surface area contributed by atoms with Crippen LogP contribution in [-0.2, 0) is 6.18 Å². The van der Waals surface area contributed by atoms with Crippen molar-refractivity contribution in [1.82, 2.24) is 10.4 Å². The summed E-state index contributed by atoms with van der Waals surface area (Å²) in [4.78, 5) is 3.78. The van der Waals surface area contributed by atoms with Crippen LogP contribution in [0.5, 0.6) is 5.75 Å². The molecule has 0 radical (unpaired) electrons. The number of halogens is 4. The van der Waals surface area contributed by atoms with E-state index in [1.807, 2.05) is 0 Å². The van der Waals surface area contributed by atoms with Gasteiger partial charge in [-0.15, -0.1) is 11.3 Å². The van der Waals surface area contributed by atoms with E-state index in [0.29, 0.717) is 32.0 Å². The lowest BCUT2D eigenvalue weighted by molar-refractivity contribution is -0.137. The van der Waals surface area contributed by atoms with Crippen LogP contribution in [0.4, 0.5) is 13.2 Å². The van der Waals surface area contributed by atoms with E-state index in [1.54, 1.807) is 18.2 Å². The van der Waals surface area contributed by atoms with E-state index < -0.39 is 17.2 Å². The molecule has 0 amide bonds. The highest BCUT2D eigenvalue weighted by atomic mass is 79.9. The number of hydrogen-bond donors (Lipinski definition) is 2. The third-order valence-electron chi connectivity index (χ3n) is 2.73. The molecule has 3 N–H and O–H groups in total. The first-order valence-electron chi connectivity index (χ1n) is 5.69. The number of aromatic nitrogens is 1. The largest absolute Gasteiger partial charge is 0.496 e. The quantitative estimate of drug-likeness (QED) is 0.628. The fraction of sp³-hybridized carbons (Fsp3) is 0.250. The topological polar surface area (TPSA) is 60.2 Å². The van der Waals surface area contributed by atoms with Gasteiger partial charge in [0.05, 0.1) is 17.6 Å². The van der Waals surface area contributed by atoms with Crippen LogP contribution in [0.2, 0.25) is 0 Å². The van der Waals surface area contributed by atoms with Gasteiger partial charge in [-0.1, -0.05) is 6.07 Å². The Morgan fingerprint density at radius 2 is 2.14 bits per heavy atom. The van der Waals surface area contributed by atoms with Crippen LogP contribution in [0.15, 0.2) is 28.9 Å². The SMILES string of the molecule is COc1ccc(C(NN)c2cnc(C(F)(F)F)s2)cc1Br. The fourth-order valence-electron chi connectivity index (χ4n) is 1.76. The molecule has 0 aliphatic rings. The second-order valence-electron chi connectivity index (χ2n) is 4.06. The number of ether oxygens (including phenoxy) is 1. The third kappa shape index (κ3) is 3.54. The molecular formula is C12H11BrF3N3OS. The van der Waals surface area contributed by atoms with Crippen LogP contribution in [0.25, 0.3) is 0 Å². The van der Waals surface area contributed by atoms with Crippen LogP contribution in [0.1, 0.15) is 21.5 Å². The Kier molecular flexibility index (Phi) is 4.87. The number of nitrogens with zero attached hydrogens (tertiary/aromatic N) is 1. The van der Waals surface area contributed by atoms with E-state index in [1.165, 1.54) is 13.3 Å². The number of methoxy groups -OCH3 is 1. The van der Waals surface area contributed by atoms with Crippen LogP contribution in [0, 0.1) is 0 Å². The Balaban J connectivity index is 2.35. The minimum Gasteiger partial charge on any atom is -0.496 e. The normalized spacial score (nSPS) is 13.2. The standard InChI is InChI=1S/C12H11BrF3N3OS/c1-20-8-3-2-6(4-7(8)13)10(19-17)9-5-18-11(21-9)12(14,15)16/h2-5,10,19H,17H2,1H3. The molecule has 2 rings (SSSR count). The molecule has 1 aromatic heterocycles. The lowest BCUT2D eigenvalue weighted by atomic mass is 10.1. The average Bonchev–Trinajstić information content (AvgIpc) is 2.89. The van der Waals surface area contributed by atoms with Crippen molar-refractivity contribution in [1.29, 1.82) is 0 Å². The maximum Gasteiger partial charge on any atom is 0.443 e. The van der Waals surface area contributed by atoms with Gasteiger partial charge in [-0.3, -0.25) is 5.84 Å². The summed E-state index contributed by atoms with van der Waals surface area (Å²) in [7, 11) is 1.53. The number of hydrogen-bond acceptors (Lipinski definition) is 5. The maximum absolute atomic E-state index is 12.6. The van der Waals surface area contributed by atoms with Crippen molar-refractivity contribution in [3.63, 3.8) is 0 Å². The molecule has 0 spiro atoms. The first kappa shape index (κ1) is 16.2. The first-order chi connectivity index (χ1) is 9.86. The first-order valence-corrected chi connectivity index (χ1v) is 7.30. The Labute approximate surface area is 131 Å². The summed E-state index contributed by atoms with van der Waals surface area (Å²) in [6.45, 7) is 0. The van der Waals surface area contributed by atoms with Gasteiger partial charge in [0.25, 0.3) is 0 Å². The van der Waals surface area contributed by atoms with E-state index in [0.717, 1.165) is 0 Å². The Morgan fingerprint density at radius 1 is 1.43 bits per heavy atom. The van der Waals surface area contributed by atoms with Crippen molar-refractivity contribution in [3.8, 4) is 5.75 Å². The summed E-state index contributed by atoms with van der Waals surface area (Å²) in [6, 6.07) is 4.58. The molecule has 0 saturated heterocycles. The zero-order valence-electron chi connectivity index (χ0n) is 10.7. The van der Waals surface area contributed by atoms with Crippen molar-refractivity contribution in [2.75, 3.05) is 7.11 Å². The van der Waals surface area contributed by atoms with Crippen molar-refractivity contribution in [2.24, 2.45) is 5.84 Å². The van der Waals surface area contributed by atoms with E-state index in [4.69, 9.17) is 10.6 Å². The molecule has 0 saturated carbocycles. The zero-order chi connectivity index (χ0) is 15.6. The predicted molar refractivity (Wildman–Crippen MR) is 77.0 cm³/mol. The van der Waals surface area contributed by atoms with Crippen LogP contribution in [0.3, 0.4) is 0 Å². The number of alkyl halides is 3. The molecule has 1 unspecified atom stereocenters. The highest BCUT2D eigenvalue weighted by Crippen LogP contribution is 2.37. The molecule has 1 heterocycles.